The first kappa shape index (κ1) is 13.9. The van der Waals surface area contributed by atoms with Gasteiger partial charge in [-0.15, -0.1) is 0 Å². The molecule has 0 saturated carbocycles. The Hall–Kier alpha value is -2.57. The van der Waals surface area contributed by atoms with Crippen molar-refractivity contribution in [2.45, 2.75) is 6.42 Å². The van der Waals surface area contributed by atoms with Gasteiger partial charge in [0.05, 0.1) is 25.4 Å². The minimum atomic E-state index is -1.05. The molecule has 0 fully saturated rings. The van der Waals surface area contributed by atoms with Crippen LogP contribution in [-0.4, -0.2) is 24.8 Å². The van der Waals surface area contributed by atoms with Gasteiger partial charge in [0.25, 0.3) is 0 Å². The van der Waals surface area contributed by atoms with Crippen LogP contribution < -0.4 is 0 Å². The minimum Gasteiger partial charge on any atom is -0.437 e. The summed E-state index contributed by atoms with van der Waals surface area (Å²) in [6.45, 7) is 0. The fourth-order valence-electron chi connectivity index (χ4n) is 1.60. The summed E-state index contributed by atoms with van der Waals surface area (Å²) in [5.41, 5.74) is 0.151. The molecule has 0 unspecified atom stereocenters. The molecule has 0 spiro atoms. The Labute approximate surface area is 112 Å². The fourth-order valence-corrected chi connectivity index (χ4v) is 1.60. The molecule has 7 heteroatoms. The van der Waals surface area contributed by atoms with Gasteiger partial charge in [0.2, 0.25) is 5.78 Å². The predicted octanol–water partition coefficient (Wildman–Crippen LogP) is 2.35. The Morgan fingerprint density at radius 3 is 2.70 bits per heavy atom. The number of allylic oxidation sites excluding steroid dienone is 1. The molecule has 5 nitrogen and oxygen atoms in total. The lowest BCUT2D eigenvalue weighted by atomic mass is 10.0. The number of aliphatic imine (C=N–C) groups is 1. The zero-order chi connectivity index (χ0) is 14.7. The SMILES string of the molecule is COC(=O)OC1=CN=C(c2ccc(F)cc2F)CC1=O. The van der Waals surface area contributed by atoms with Gasteiger partial charge >= 0.3 is 6.16 Å². The summed E-state index contributed by atoms with van der Waals surface area (Å²) in [4.78, 5) is 26.5. The molecule has 20 heavy (non-hydrogen) atoms. The summed E-state index contributed by atoms with van der Waals surface area (Å²) in [6.07, 6.45) is -0.303. The fraction of sp³-hybridized carbons (Fsp3) is 0.154. The molecule has 0 radical (unpaired) electrons. The van der Waals surface area contributed by atoms with E-state index in [1.165, 1.54) is 6.07 Å². The van der Waals surface area contributed by atoms with Gasteiger partial charge in [-0.05, 0) is 12.1 Å². The van der Waals surface area contributed by atoms with Gasteiger partial charge in [-0.3, -0.25) is 9.79 Å². The van der Waals surface area contributed by atoms with E-state index in [0.717, 1.165) is 19.4 Å². The van der Waals surface area contributed by atoms with Gasteiger partial charge in [0, 0.05) is 11.6 Å². The Balaban J connectivity index is 2.27. The van der Waals surface area contributed by atoms with Gasteiger partial charge < -0.3 is 9.47 Å². The lowest BCUT2D eigenvalue weighted by Crippen LogP contribution is -2.19. The van der Waals surface area contributed by atoms with Crippen molar-refractivity contribution >= 4 is 17.7 Å². The van der Waals surface area contributed by atoms with E-state index in [2.05, 4.69) is 14.5 Å². The maximum Gasteiger partial charge on any atom is 0.513 e. The number of benzene rings is 1. The van der Waals surface area contributed by atoms with E-state index < -0.39 is 23.6 Å². The van der Waals surface area contributed by atoms with Crippen LogP contribution in [0.2, 0.25) is 0 Å². The topological polar surface area (TPSA) is 65.0 Å². The third-order valence-electron chi connectivity index (χ3n) is 2.54. The third-order valence-corrected chi connectivity index (χ3v) is 2.54. The number of ketones is 1. The zero-order valence-electron chi connectivity index (χ0n) is 10.4. The second-order valence-electron chi connectivity index (χ2n) is 3.85. The van der Waals surface area contributed by atoms with E-state index in [9.17, 15) is 18.4 Å². The second-order valence-corrected chi connectivity index (χ2v) is 3.85. The molecule has 0 amide bonds. The summed E-state index contributed by atoms with van der Waals surface area (Å²) in [7, 11) is 1.10. The van der Waals surface area contributed by atoms with Crippen LogP contribution in [-0.2, 0) is 14.3 Å². The quantitative estimate of drug-likeness (QED) is 0.780. The highest BCUT2D eigenvalue weighted by atomic mass is 19.1. The Morgan fingerprint density at radius 2 is 2.10 bits per heavy atom. The highest BCUT2D eigenvalue weighted by Crippen LogP contribution is 2.18. The molecule has 2 rings (SSSR count). The van der Waals surface area contributed by atoms with Gasteiger partial charge in [-0.25, -0.2) is 13.6 Å². The van der Waals surface area contributed by atoms with Crippen molar-refractivity contribution in [1.29, 1.82) is 0 Å². The largest absolute Gasteiger partial charge is 0.513 e. The van der Waals surface area contributed by atoms with E-state index >= 15 is 0 Å². The summed E-state index contributed by atoms with van der Waals surface area (Å²) in [6, 6.07) is 2.96. The van der Waals surface area contributed by atoms with Gasteiger partial charge in [-0.1, -0.05) is 0 Å². The second kappa shape index (κ2) is 5.60. The average Bonchev–Trinajstić information content (AvgIpc) is 2.41. The van der Waals surface area contributed by atoms with E-state index in [0.29, 0.717) is 6.07 Å². The van der Waals surface area contributed by atoms with Crippen LogP contribution in [0, 0.1) is 11.6 Å². The normalized spacial score (nSPS) is 14.4. The van der Waals surface area contributed by atoms with Crippen molar-refractivity contribution in [2.75, 3.05) is 7.11 Å². The molecule has 1 aromatic carbocycles. The van der Waals surface area contributed by atoms with Crippen LogP contribution in [0.15, 0.2) is 35.2 Å². The Morgan fingerprint density at radius 1 is 1.35 bits per heavy atom. The monoisotopic (exact) mass is 281 g/mol. The van der Waals surface area contributed by atoms with Gasteiger partial charge in [0.1, 0.15) is 11.6 Å². The number of ether oxygens (including phenoxy) is 2. The van der Waals surface area contributed by atoms with E-state index in [1.54, 1.807) is 0 Å². The molecular formula is C13H9F2NO4. The first-order valence-corrected chi connectivity index (χ1v) is 5.52. The van der Waals surface area contributed by atoms with Gasteiger partial charge in [-0.2, -0.15) is 0 Å². The van der Waals surface area contributed by atoms with E-state index in [4.69, 9.17) is 0 Å². The van der Waals surface area contributed by atoms with E-state index in [1.807, 2.05) is 0 Å². The van der Waals surface area contributed by atoms with Crippen LogP contribution in [0.1, 0.15) is 12.0 Å². The molecule has 1 aliphatic rings. The third kappa shape index (κ3) is 2.87. The Bertz CT molecular complexity index is 637. The molecule has 0 aliphatic carbocycles. The molecule has 1 heterocycles. The molecule has 0 saturated heterocycles. The highest BCUT2D eigenvalue weighted by Gasteiger charge is 2.23. The number of nitrogens with zero attached hydrogens (tertiary/aromatic N) is 1. The number of halogens is 2. The van der Waals surface area contributed by atoms with Crippen LogP contribution in [0.4, 0.5) is 13.6 Å². The summed E-state index contributed by atoms with van der Waals surface area (Å²) in [5, 5.41) is 0. The van der Waals surface area contributed by atoms with Crippen LogP contribution in [0.3, 0.4) is 0 Å². The lowest BCUT2D eigenvalue weighted by molar-refractivity contribution is -0.117. The first-order chi connectivity index (χ1) is 9.51. The lowest BCUT2D eigenvalue weighted by Gasteiger charge is -2.12. The number of carbonyl (C=O) groups excluding carboxylic acids is 2. The predicted molar refractivity (Wildman–Crippen MR) is 64.1 cm³/mol. The summed E-state index contributed by atoms with van der Waals surface area (Å²) < 4.78 is 35.2. The maximum absolute atomic E-state index is 13.6. The van der Waals surface area contributed by atoms with Crippen molar-refractivity contribution < 1.29 is 27.8 Å². The maximum atomic E-state index is 13.6. The van der Waals surface area contributed by atoms with Crippen LogP contribution in [0.25, 0.3) is 0 Å². The van der Waals surface area contributed by atoms with Crippen molar-refractivity contribution in [3.05, 3.63) is 47.4 Å². The molecule has 0 N–H and O–H groups in total. The van der Waals surface area contributed by atoms with E-state index in [-0.39, 0.29) is 23.5 Å². The number of hydrogen-bond acceptors (Lipinski definition) is 5. The smallest absolute Gasteiger partial charge is 0.437 e. The number of hydrogen-bond donors (Lipinski definition) is 0. The molecule has 0 atom stereocenters. The number of methoxy groups -OCH3 is 1. The van der Waals surface area contributed by atoms with Gasteiger partial charge in [0.15, 0.2) is 5.76 Å². The summed E-state index contributed by atoms with van der Waals surface area (Å²) >= 11 is 0. The van der Waals surface area contributed by atoms with Crippen molar-refractivity contribution in [3.8, 4) is 0 Å². The average molecular weight is 281 g/mol. The highest BCUT2D eigenvalue weighted by molar-refractivity contribution is 6.17. The van der Waals surface area contributed by atoms with Crippen molar-refractivity contribution in [2.24, 2.45) is 4.99 Å². The van der Waals surface area contributed by atoms with Crippen LogP contribution >= 0.6 is 0 Å². The first-order valence-electron chi connectivity index (χ1n) is 5.52. The summed E-state index contributed by atoms with van der Waals surface area (Å²) in [5.74, 6) is -2.38. The van der Waals surface area contributed by atoms with Crippen molar-refractivity contribution in [1.82, 2.24) is 0 Å². The van der Waals surface area contributed by atoms with Crippen LogP contribution in [0.5, 0.6) is 0 Å². The minimum absolute atomic E-state index is 0.0214. The molecule has 0 aromatic heterocycles. The zero-order valence-corrected chi connectivity index (χ0v) is 10.4. The standard InChI is InChI=1S/C13H9F2NO4/c1-19-13(18)20-12-6-16-10(5-11(12)17)8-3-2-7(14)4-9(8)15/h2-4,6H,5H2,1H3. The number of Topliss-reactive ketones (excluding diaryl/α,β-unsaturated/α-hetero) is 1. The molecule has 1 aliphatic heterocycles. The van der Waals surface area contributed by atoms with Crippen molar-refractivity contribution in [3.63, 3.8) is 0 Å². The molecule has 104 valence electrons. The number of carbonyl (C=O) groups is 2. The number of rotatable bonds is 2. The molecule has 0 bridgehead atoms. The molecule has 1 aromatic rings. The Kier molecular flexibility index (Phi) is 3.88. The molecular weight excluding hydrogens is 272 g/mol.